The Kier molecular flexibility index (Phi) is 9.81. The number of ether oxygens (including phenoxy) is 1. The molecule has 0 aromatic heterocycles. The van der Waals surface area contributed by atoms with Gasteiger partial charge in [-0.25, -0.2) is 4.79 Å². The van der Waals surface area contributed by atoms with Gasteiger partial charge in [0, 0.05) is 0 Å². The predicted molar refractivity (Wildman–Crippen MR) is 145 cm³/mol. The Labute approximate surface area is 230 Å². The monoisotopic (exact) mass is 593 g/mol. The zero-order valence-corrected chi connectivity index (χ0v) is 22.8. The molecule has 0 aliphatic rings. The number of hydrogen-bond donors (Lipinski definition) is 1. The molecule has 36 heavy (non-hydrogen) atoms. The maximum absolute atomic E-state index is 12.6. The molecule has 4 nitrogen and oxygen atoms in total. The summed E-state index contributed by atoms with van der Waals surface area (Å²) in [6, 6.07) is 28.4. The largest absolute Gasteiger partial charge is 1.00 e. The predicted octanol–water partition coefficient (Wildman–Crippen LogP) is 2.70. The lowest BCUT2D eigenvalue weighted by molar-refractivity contribution is -0.914. The summed E-state index contributed by atoms with van der Waals surface area (Å²) in [5, 5.41) is 14.9. The van der Waals surface area contributed by atoms with Gasteiger partial charge in [-0.1, -0.05) is 97.1 Å². The maximum Gasteiger partial charge on any atom is 0.367 e. The first-order valence-corrected chi connectivity index (χ1v) is 11.9. The number of esters is 1. The number of methoxy groups -OCH3 is 1. The van der Waals surface area contributed by atoms with Crippen LogP contribution in [0.5, 0.6) is 0 Å². The van der Waals surface area contributed by atoms with E-state index in [1.807, 2.05) is 43.4 Å². The molecule has 0 fully saturated rings. The molecule has 1 atom stereocenters. The van der Waals surface area contributed by atoms with Crippen LogP contribution in [-0.2, 0) is 9.53 Å². The molecule has 4 aromatic carbocycles. The number of aliphatic hydroxyl groups is 1. The van der Waals surface area contributed by atoms with E-state index >= 15 is 0 Å². The van der Waals surface area contributed by atoms with Crippen molar-refractivity contribution in [3.63, 3.8) is 0 Å². The smallest absolute Gasteiger partial charge is 0.367 e. The average molecular weight is 594 g/mol. The third-order valence-electron chi connectivity index (χ3n) is 6.69. The van der Waals surface area contributed by atoms with Crippen LogP contribution >= 0.6 is 0 Å². The van der Waals surface area contributed by atoms with Crippen molar-refractivity contribution in [2.24, 2.45) is 0 Å². The molecule has 0 saturated heterocycles. The van der Waals surface area contributed by atoms with Crippen molar-refractivity contribution < 1.29 is 43.1 Å². The van der Waals surface area contributed by atoms with Gasteiger partial charge < -0.3 is 38.3 Å². The highest BCUT2D eigenvalue weighted by Crippen LogP contribution is 2.22. The molecule has 0 aliphatic heterocycles. The summed E-state index contributed by atoms with van der Waals surface area (Å²) in [5.41, 5.74) is 2.25. The topological polar surface area (TPSA) is 46.5 Å². The van der Waals surface area contributed by atoms with Crippen LogP contribution in [0, 0.1) is 0 Å². The van der Waals surface area contributed by atoms with Gasteiger partial charge in [-0.05, 0) is 44.8 Å². The maximum atomic E-state index is 12.6. The molecule has 0 spiro atoms. The number of likely N-dealkylation sites (N-methyl/N-ethyl adjacent to an activating group) is 1. The SMILES string of the molecule is COC(=O)C(CO)[N+](C)(C/C=C/c1cccc2ccccc12)C/C=C/c1cccc2ccccc12.[I-]. The second kappa shape index (κ2) is 12.8. The quantitative estimate of drug-likeness (QED) is 0.185. The number of benzene rings is 4. The molecule has 0 aliphatic carbocycles. The van der Waals surface area contributed by atoms with Crippen LogP contribution in [0.25, 0.3) is 33.7 Å². The number of fused-ring (bicyclic) bond motifs is 2. The van der Waals surface area contributed by atoms with Crippen molar-refractivity contribution in [2.45, 2.75) is 6.04 Å². The molecule has 0 bridgehead atoms. The van der Waals surface area contributed by atoms with E-state index in [9.17, 15) is 9.90 Å². The minimum atomic E-state index is -0.686. The molecule has 5 heteroatoms. The first kappa shape index (κ1) is 27.6. The van der Waals surface area contributed by atoms with Gasteiger partial charge in [0.25, 0.3) is 0 Å². The highest BCUT2D eigenvalue weighted by molar-refractivity contribution is 5.91. The first-order chi connectivity index (χ1) is 17.1. The summed E-state index contributed by atoms with van der Waals surface area (Å²) in [7, 11) is 3.35. The molecule has 186 valence electrons. The highest BCUT2D eigenvalue weighted by atomic mass is 127. The molecular weight excluding hydrogens is 561 g/mol. The fourth-order valence-electron chi connectivity index (χ4n) is 4.62. The number of carbonyl (C=O) groups excluding carboxylic acids is 1. The third-order valence-corrected chi connectivity index (χ3v) is 6.69. The van der Waals surface area contributed by atoms with Crippen molar-refractivity contribution in [1.29, 1.82) is 0 Å². The van der Waals surface area contributed by atoms with E-state index < -0.39 is 12.0 Å². The van der Waals surface area contributed by atoms with Crippen molar-refractivity contribution in [1.82, 2.24) is 0 Å². The Morgan fingerprint density at radius 1 is 0.806 bits per heavy atom. The van der Waals surface area contributed by atoms with Gasteiger partial charge in [-0.15, -0.1) is 0 Å². The molecule has 0 amide bonds. The minimum Gasteiger partial charge on any atom is -1.00 e. The lowest BCUT2D eigenvalue weighted by Gasteiger charge is -2.37. The van der Waals surface area contributed by atoms with Crippen LogP contribution < -0.4 is 24.0 Å². The van der Waals surface area contributed by atoms with Crippen molar-refractivity contribution in [3.05, 3.63) is 108 Å². The number of halogens is 1. The van der Waals surface area contributed by atoms with Crippen molar-refractivity contribution in [3.8, 4) is 0 Å². The lowest BCUT2D eigenvalue weighted by atomic mass is 10.0. The van der Waals surface area contributed by atoms with Gasteiger partial charge in [0.05, 0.1) is 27.2 Å². The van der Waals surface area contributed by atoms with Crippen LogP contribution in [0.15, 0.2) is 97.1 Å². The molecule has 1 N–H and O–H groups in total. The molecule has 4 aromatic rings. The van der Waals surface area contributed by atoms with E-state index in [1.165, 1.54) is 28.7 Å². The van der Waals surface area contributed by atoms with Gasteiger partial charge in [0.2, 0.25) is 6.04 Å². The second-order valence-corrected chi connectivity index (χ2v) is 9.01. The number of carbonyl (C=O) groups is 1. The molecule has 0 heterocycles. The van der Waals surface area contributed by atoms with E-state index in [1.54, 1.807) is 0 Å². The molecule has 4 rings (SSSR count). The summed E-state index contributed by atoms with van der Waals surface area (Å²) >= 11 is 0. The van der Waals surface area contributed by atoms with Crippen LogP contribution in [0.2, 0.25) is 0 Å². The van der Waals surface area contributed by atoms with Gasteiger partial charge >= 0.3 is 5.97 Å². The van der Waals surface area contributed by atoms with Crippen LogP contribution in [0.4, 0.5) is 0 Å². The number of hydrogen-bond acceptors (Lipinski definition) is 3. The molecule has 0 radical (unpaired) electrons. The summed E-state index contributed by atoms with van der Waals surface area (Å²) < 4.78 is 5.33. The van der Waals surface area contributed by atoms with Crippen molar-refractivity contribution >= 4 is 39.7 Å². The van der Waals surface area contributed by atoms with Crippen LogP contribution in [0.3, 0.4) is 0 Å². The minimum absolute atomic E-state index is 0. The Morgan fingerprint density at radius 2 is 1.25 bits per heavy atom. The third kappa shape index (κ3) is 6.22. The van der Waals surface area contributed by atoms with E-state index in [0.29, 0.717) is 17.6 Å². The van der Waals surface area contributed by atoms with Gasteiger partial charge in [0.1, 0.15) is 6.61 Å². The number of nitrogens with zero attached hydrogens (tertiary/aromatic N) is 1. The Bertz CT molecular complexity index is 1280. The standard InChI is InChI=1S/C31H32NO3.HI/c1-32(30(23-33)31(34)35-2,21-9-17-26-15-7-13-24-11-3-5-19-28(24)26)22-10-18-27-16-8-14-25-12-4-6-20-29(25)27;/h3-20,30,33H,21-23H2,1-2H3;1H/q+1;/p-1/b17-9+,18-10+;. The van der Waals surface area contributed by atoms with Crippen molar-refractivity contribution in [2.75, 3.05) is 33.9 Å². The lowest BCUT2D eigenvalue weighted by Crippen LogP contribution is -3.00. The van der Waals surface area contributed by atoms with E-state index in [-0.39, 0.29) is 30.6 Å². The number of aliphatic hydroxyl groups excluding tert-OH is 1. The number of rotatable bonds is 9. The fraction of sp³-hybridized carbons (Fsp3) is 0.194. The Balaban J connectivity index is 0.00000361. The Hall–Kier alpha value is -3.00. The fourth-order valence-corrected chi connectivity index (χ4v) is 4.62. The molecule has 1 unspecified atom stereocenters. The summed E-state index contributed by atoms with van der Waals surface area (Å²) in [4.78, 5) is 12.6. The van der Waals surface area contributed by atoms with Crippen LogP contribution in [0.1, 0.15) is 11.1 Å². The highest BCUT2D eigenvalue weighted by Gasteiger charge is 2.37. The summed E-state index contributed by atoms with van der Waals surface area (Å²) in [6.07, 6.45) is 8.36. The zero-order chi connectivity index (χ0) is 24.7. The van der Waals surface area contributed by atoms with E-state index in [4.69, 9.17) is 4.74 Å². The van der Waals surface area contributed by atoms with Crippen LogP contribution in [-0.4, -0.2) is 55.5 Å². The van der Waals surface area contributed by atoms with E-state index in [2.05, 4.69) is 72.8 Å². The Morgan fingerprint density at radius 3 is 1.69 bits per heavy atom. The normalized spacial score (nSPS) is 12.8. The van der Waals surface area contributed by atoms with Gasteiger partial charge in [-0.2, -0.15) is 0 Å². The molecular formula is C31H32INO3. The number of quaternary nitrogens is 1. The average Bonchev–Trinajstić information content (AvgIpc) is 2.89. The van der Waals surface area contributed by atoms with Gasteiger partial charge in [0.15, 0.2) is 0 Å². The van der Waals surface area contributed by atoms with Gasteiger partial charge in [-0.3, -0.25) is 0 Å². The molecule has 0 saturated carbocycles. The first-order valence-electron chi connectivity index (χ1n) is 11.9. The zero-order valence-electron chi connectivity index (χ0n) is 20.7. The van der Waals surface area contributed by atoms with E-state index in [0.717, 1.165) is 11.1 Å². The second-order valence-electron chi connectivity index (χ2n) is 9.01. The summed E-state index contributed by atoms with van der Waals surface area (Å²) in [5.74, 6) is -0.410. The summed E-state index contributed by atoms with van der Waals surface area (Å²) in [6.45, 7) is 0.834.